The molecule has 0 aliphatic carbocycles. The van der Waals surface area contributed by atoms with E-state index in [4.69, 9.17) is 23.2 Å². The fraction of sp³-hybridized carbons (Fsp3) is 0. The van der Waals surface area contributed by atoms with E-state index in [0.717, 1.165) is 0 Å². The Morgan fingerprint density at radius 3 is 2.33 bits per heavy atom. The molecule has 6 heteroatoms. The van der Waals surface area contributed by atoms with Crippen molar-refractivity contribution in [2.75, 3.05) is 0 Å². The van der Waals surface area contributed by atoms with Gasteiger partial charge in [-0.3, -0.25) is 4.79 Å². The van der Waals surface area contributed by atoms with E-state index in [1.54, 1.807) is 18.2 Å². The summed E-state index contributed by atoms with van der Waals surface area (Å²) in [5.74, 6) is 0. The zero-order valence-electron chi connectivity index (χ0n) is 7.17. The van der Waals surface area contributed by atoms with E-state index in [1.165, 1.54) is 0 Å². The molecule has 0 saturated heterocycles. The molecule has 0 unspecified atom stereocenters. The molecule has 1 aromatic heterocycles. The third-order valence-corrected chi connectivity index (χ3v) is 2.89. The lowest BCUT2D eigenvalue weighted by Crippen LogP contribution is -1.91. The molecule has 2 aromatic rings. The minimum absolute atomic E-state index is 0.128. The van der Waals surface area contributed by atoms with Gasteiger partial charge in [0.2, 0.25) is 4.69 Å². The van der Waals surface area contributed by atoms with Gasteiger partial charge in [-0.1, -0.05) is 23.2 Å². The average molecular weight is 306 g/mol. The van der Waals surface area contributed by atoms with E-state index in [2.05, 4.69) is 25.9 Å². The number of rotatable bonds is 1. The van der Waals surface area contributed by atoms with E-state index >= 15 is 0 Å². The van der Waals surface area contributed by atoms with Crippen molar-refractivity contribution in [3.05, 3.63) is 34.1 Å². The molecule has 0 fully saturated rings. The second-order valence-electron chi connectivity index (χ2n) is 2.78. The Morgan fingerprint density at radius 1 is 1.13 bits per heavy atom. The van der Waals surface area contributed by atoms with Crippen molar-refractivity contribution in [2.24, 2.45) is 0 Å². The van der Waals surface area contributed by atoms with Gasteiger partial charge in [-0.25, -0.2) is 9.97 Å². The maximum Gasteiger partial charge on any atom is 0.228 e. The highest BCUT2D eigenvalue weighted by atomic mass is 79.9. The van der Waals surface area contributed by atoms with Crippen LogP contribution in [0.25, 0.3) is 11.0 Å². The first-order valence-corrected chi connectivity index (χ1v) is 5.45. The number of benzene rings is 1. The van der Waals surface area contributed by atoms with Gasteiger partial charge in [0.15, 0.2) is 10.3 Å². The van der Waals surface area contributed by atoms with Crippen molar-refractivity contribution in [1.82, 2.24) is 9.97 Å². The van der Waals surface area contributed by atoms with Crippen LogP contribution in [0, 0.1) is 0 Å². The molecule has 0 atom stereocenters. The second-order valence-corrected chi connectivity index (χ2v) is 4.22. The van der Waals surface area contributed by atoms with Crippen LogP contribution in [-0.4, -0.2) is 14.7 Å². The van der Waals surface area contributed by atoms with Gasteiger partial charge < -0.3 is 0 Å². The summed E-state index contributed by atoms with van der Waals surface area (Å²) in [6, 6.07) is 4.90. The minimum Gasteiger partial charge on any atom is -0.281 e. The number of fused-ring (bicyclic) bond motifs is 1. The van der Waals surface area contributed by atoms with Crippen LogP contribution in [0.15, 0.2) is 18.2 Å². The summed E-state index contributed by atoms with van der Waals surface area (Å²) in [6.07, 6.45) is 0. The zero-order valence-corrected chi connectivity index (χ0v) is 10.3. The monoisotopic (exact) mass is 304 g/mol. The van der Waals surface area contributed by atoms with E-state index < -0.39 is 0 Å². The molecule has 0 aliphatic heterocycles. The number of hydrogen-bond donors (Lipinski definition) is 0. The summed E-state index contributed by atoms with van der Waals surface area (Å²) < 4.78 is -0.211. The smallest absolute Gasteiger partial charge is 0.228 e. The third-order valence-electron chi connectivity index (χ3n) is 1.81. The molecule has 1 heterocycles. The van der Waals surface area contributed by atoms with Crippen molar-refractivity contribution in [3.63, 3.8) is 0 Å². The minimum atomic E-state index is -0.211. The van der Waals surface area contributed by atoms with Crippen molar-refractivity contribution in [3.8, 4) is 0 Å². The third kappa shape index (κ3) is 2.12. The second kappa shape index (κ2) is 4.04. The summed E-state index contributed by atoms with van der Waals surface area (Å²) >= 11 is 14.3. The first kappa shape index (κ1) is 10.8. The van der Waals surface area contributed by atoms with E-state index in [9.17, 15) is 4.79 Å². The summed E-state index contributed by atoms with van der Waals surface area (Å²) in [5.41, 5.74) is 1.63. The van der Waals surface area contributed by atoms with Gasteiger partial charge >= 0.3 is 0 Å². The van der Waals surface area contributed by atoms with Crippen LogP contribution in [-0.2, 0) is 0 Å². The quantitative estimate of drug-likeness (QED) is 0.758. The topological polar surface area (TPSA) is 42.9 Å². The molecule has 0 spiro atoms. The number of hydrogen-bond acceptors (Lipinski definition) is 3. The molecule has 0 aliphatic rings. The molecule has 0 saturated carbocycles. The molecule has 15 heavy (non-hydrogen) atoms. The lowest BCUT2D eigenvalue weighted by molar-refractivity contribution is 0.109. The highest BCUT2D eigenvalue weighted by molar-refractivity contribution is 9.18. The number of carbonyl (C=O) groups excluding carboxylic acids is 1. The van der Waals surface area contributed by atoms with Crippen molar-refractivity contribution < 1.29 is 4.79 Å². The number of carbonyl (C=O) groups is 1. The van der Waals surface area contributed by atoms with Gasteiger partial charge in [0.1, 0.15) is 0 Å². The first-order valence-electron chi connectivity index (χ1n) is 3.90. The summed E-state index contributed by atoms with van der Waals surface area (Å²) in [5, 5.41) is 0.283. The first-order chi connectivity index (χ1) is 7.08. The number of nitrogens with zero attached hydrogens (tertiary/aromatic N) is 2. The number of aromatic nitrogens is 2. The van der Waals surface area contributed by atoms with E-state index in [-0.39, 0.29) is 15.0 Å². The average Bonchev–Trinajstić information content (AvgIpc) is 2.19. The van der Waals surface area contributed by atoms with Crippen LogP contribution < -0.4 is 0 Å². The predicted molar refractivity (Wildman–Crippen MR) is 62.8 cm³/mol. The fourth-order valence-electron chi connectivity index (χ4n) is 1.13. The molecule has 0 radical (unpaired) electrons. The van der Waals surface area contributed by atoms with Gasteiger partial charge in [0, 0.05) is 5.56 Å². The van der Waals surface area contributed by atoms with Crippen LogP contribution in [0.5, 0.6) is 0 Å². The lowest BCUT2D eigenvalue weighted by atomic mass is 10.2. The van der Waals surface area contributed by atoms with Crippen LogP contribution in [0.4, 0.5) is 0 Å². The summed E-state index contributed by atoms with van der Waals surface area (Å²) in [4.78, 5) is 19.1. The van der Waals surface area contributed by atoms with Gasteiger partial charge in [-0.15, -0.1) is 0 Å². The van der Waals surface area contributed by atoms with Crippen LogP contribution in [0.2, 0.25) is 10.3 Å². The highest BCUT2D eigenvalue weighted by Gasteiger charge is 2.07. The van der Waals surface area contributed by atoms with E-state index in [1.807, 2.05) is 0 Å². The van der Waals surface area contributed by atoms with Crippen molar-refractivity contribution in [2.45, 2.75) is 0 Å². The molecule has 76 valence electrons. The van der Waals surface area contributed by atoms with Crippen LogP contribution >= 0.6 is 39.1 Å². The van der Waals surface area contributed by atoms with Crippen LogP contribution in [0.1, 0.15) is 10.4 Å². The Labute approximate surface area is 104 Å². The Morgan fingerprint density at radius 2 is 1.73 bits per heavy atom. The summed E-state index contributed by atoms with van der Waals surface area (Å²) in [6.45, 7) is 0. The van der Waals surface area contributed by atoms with Gasteiger partial charge in [-0.2, -0.15) is 0 Å². The maximum absolute atomic E-state index is 11.1. The normalized spacial score (nSPS) is 10.6. The van der Waals surface area contributed by atoms with Crippen molar-refractivity contribution >= 4 is 54.9 Å². The molecular weight excluding hydrogens is 303 g/mol. The van der Waals surface area contributed by atoms with Crippen molar-refractivity contribution in [1.29, 1.82) is 0 Å². The Hall–Kier alpha value is -0.710. The maximum atomic E-state index is 11.1. The van der Waals surface area contributed by atoms with Gasteiger partial charge in [0.05, 0.1) is 11.0 Å². The summed E-state index contributed by atoms with van der Waals surface area (Å²) in [7, 11) is 0. The molecule has 3 nitrogen and oxygen atoms in total. The van der Waals surface area contributed by atoms with Crippen LogP contribution in [0.3, 0.4) is 0 Å². The van der Waals surface area contributed by atoms with E-state index in [0.29, 0.717) is 16.6 Å². The molecule has 1 aromatic carbocycles. The lowest BCUT2D eigenvalue weighted by Gasteiger charge is -2.00. The molecule has 0 amide bonds. The molecule has 2 rings (SSSR count). The zero-order chi connectivity index (χ0) is 11.0. The SMILES string of the molecule is O=C(Br)c1ccc2nc(Cl)c(Cl)nc2c1. The molecule has 0 bridgehead atoms. The molecular formula is C9H3BrCl2N2O. The highest BCUT2D eigenvalue weighted by Crippen LogP contribution is 2.22. The largest absolute Gasteiger partial charge is 0.281 e. The predicted octanol–water partition coefficient (Wildman–Crippen LogP) is 3.47. The Balaban J connectivity index is 2.72. The Kier molecular flexibility index (Phi) is 2.91. The molecule has 0 N–H and O–H groups in total. The number of halogens is 3. The Bertz CT molecular complexity index is 559. The van der Waals surface area contributed by atoms with Gasteiger partial charge in [0.25, 0.3) is 0 Å². The van der Waals surface area contributed by atoms with Gasteiger partial charge in [-0.05, 0) is 34.1 Å². The fourth-order valence-corrected chi connectivity index (χ4v) is 1.65. The standard InChI is InChI=1S/C9H3BrCl2N2O/c10-7(15)4-1-2-5-6(3-4)14-9(12)8(11)13-5/h1-3H.